The molecule has 1 aliphatic rings. The third kappa shape index (κ3) is 1.77. The van der Waals surface area contributed by atoms with Crippen LogP contribution in [0.2, 0.25) is 0 Å². The minimum Gasteiger partial charge on any atom is -0.394 e. The first-order valence-corrected chi connectivity index (χ1v) is 4.86. The summed E-state index contributed by atoms with van der Waals surface area (Å²) in [5.41, 5.74) is -1.20. The second kappa shape index (κ2) is 3.97. The van der Waals surface area contributed by atoms with E-state index in [1.807, 2.05) is 0 Å². The van der Waals surface area contributed by atoms with Gasteiger partial charge >= 0.3 is 0 Å². The highest BCUT2D eigenvalue weighted by atomic mass is 16.6. The summed E-state index contributed by atoms with van der Waals surface area (Å²) in [5.74, 6) is -1.67. The molecule has 0 aromatic heterocycles. The lowest BCUT2D eigenvalue weighted by molar-refractivity contribution is -0.336. The summed E-state index contributed by atoms with van der Waals surface area (Å²) >= 11 is 0. The molecule has 5 N–H and O–H groups in total. The van der Waals surface area contributed by atoms with Crippen LogP contribution in [-0.4, -0.2) is 63.7 Å². The van der Waals surface area contributed by atoms with E-state index >= 15 is 0 Å². The Kier molecular flexibility index (Phi) is 3.39. The highest BCUT2D eigenvalue weighted by Gasteiger charge is 2.58. The van der Waals surface area contributed by atoms with E-state index in [0.717, 1.165) is 0 Å². The van der Waals surface area contributed by atoms with E-state index in [-0.39, 0.29) is 0 Å². The number of nitrogens with one attached hydrogen (secondary N) is 1. The zero-order valence-electron chi connectivity index (χ0n) is 9.14. The lowest BCUT2D eigenvalue weighted by Gasteiger charge is -2.52. The molecule has 6 nitrogen and oxygen atoms in total. The average Bonchev–Trinajstić information content (AvgIpc) is 2.20. The summed E-state index contributed by atoms with van der Waals surface area (Å²) in [6, 6.07) is 0. The summed E-state index contributed by atoms with van der Waals surface area (Å²) in [4.78, 5) is 0. The van der Waals surface area contributed by atoms with Crippen LogP contribution in [0, 0.1) is 0 Å². The van der Waals surface area contributed by atoms with E-state index in [2.05, 4.69) is 5.32 Å². The SMILES string of the molecule is CN[C@]1(C)[C@@H](O)[C@H](O)[C@@H](CO)OC1(C)O. The second-order valence-corrected chi connectivity index (χ2v) is 4.21. The van der Waals surface area contributed by atoms with Gasteiger partial charge in [0.2, 0.25) is 0 Å². The van der Waals surface area contributed by atoms with Gasteiger partial charge in [-0.15, -0.1) is 0 Å². The standard InChI is InChI=1S/C9H19NO5/c1-8(10-3)7(13)6(12)5(4-11)15-9(8,2)14/h5-7,10-14H,4H2,1-3H3/t5-,6-,7+,8-,9?/m1/s1. The number of rotatable bonds is 2. The van der Waals surface area contributed by atoms with E-state index in [0.29, 0.717) is 0 Å². The molecule has 0 radical (unpaired) electrons. The maximum absolute atomic E-state index is 10.0. The number of likely N-dealkylation sites (N-methyl/N-ethyl adjacent to an activating group) is 1. The Balaban J connectivity index is 3.01. The van der Waals surface area contributed by atoms with Crippen LogP contribution in [0.1, 0.15) is 13.8 Å². The van der Waals surface area contributed by atoms with Crippen LogP contribution >= 0.6 is 0 Å². The molecule has 1 heterocycles. The van der Waals surface area contributed by atoms with Gasteiger partial charge in [-0.25, -0.2) is 0 Å². The Bertz CT molecular complexity index is 235. The van der Waals surface area contributed by atoms with Crippen molar-refractivity contribution in [3.63, 3.8) is 0 Å². The quantitative estimate of drug-likeness (QED) is 0.362. The first kappa shape index (κ1) is 12.8. The number of aliphatic hydroxyl groups excluding tert-OH is 3. The van der Waals surface area contributed by atoms with Crippen molar-refractivity contribution in [2.45, 2.75) is 43.5 Å². The van der Waals surface area contributed by atoms with Crippen LogP contribution in [0.25, 0.3) is 0 Å². The highest BCUT2D eigenvalue weighted by molar-refractivity contribution is 5.07. The van der Waals surface area contributed by atoms with Crippen LogP contribution < -0.4 is 5.32 Å². The van der Waals surface area contributed by atoms with Gasteiger partial charge in [-0.3, -0.25) is 0 Å². The number of ether oxygens (including phenoxy) is 1. The molecule has 90 valence electrons. The summed E-state index contributed by atoms with van der Waals surface area (Å²) in [6.45, 7) is 2.45. The molecule has 1 saturated heterocycles. The predicted octanol–water partition coefficient (Wildman–Crippen LogP) is -2.21. The van der Waals surface area contributed by atoms with Crippen molar-refractivity contribution in [3.8, 4) is 0 Å². The number of hydrogen-bond donors (Lipinski definition) is 5. The van der Waals surface area contributed by atoms with E-state index in [1.165, 1.54) is 13.8 Å². The molecule has 0 bridgehead atoms. The molecule has 0 aliphatic carbocycles. The Morgan fingerprint density at radius 2 is 1.87 bits per heavy atom. The lowest BCUT2D eigenvalue weighted by Crippen LogP contribution is -2.75. The molecule has 0 aromatic rings. The molecule has 0 aromatic carbocycles. The summed E-state index contributed by atoms with van der Waals surface area (Å²) in [7, 11) is 1.55. The van der Waals surface area contributed by atoms with Crippen LogP contribution in [0.15, 0.2) is 0 Å². The topological polar surface area (TPSA) is 102 Å². The lowest BCUT2D eigenvalue weighted by atomic mass is 9.79. The third-order valence-electron chi connectivity index (χ3n) is 3.34. The van der Waals surface area contributed by atoms with Crippen LogP contribution in [-0.2, 0) is 4.74 Å². The minimum absolute atomic E-state index is 0.464. The van der Waals surface area contributed by atoms with E-state index in [1.54, 1.807) is 7.05 Å². The average molecular weight is 221 g/mol. The molecule has 6 heteroatoms. The van der Waals surface area contributed by atoms with E-state index in [9.17, 15) is 15.3 Å². The maximum atomic E-state index is 10.0. The van der Waals surface area contributed by atoms with Crippen molar-refractivity contribution in [1.82, 2.24) is 5.32 Å². The Morgan fingerprint density at radius 1 is 1.33 bits per heavy atom. The molecule has 1 unspecified atom stereocenters. The molecule has 1 rings (SSSR count). The van der Waals surface area contributed by atoms with Gasteiger partial charge in [-0.1, -0.05) is 0 Å². The van der Waals surface area contributed by atoms with Crippen LogP contribution in [0.3, 0.4) is 0 Å². The molecule has 0 amide bonds. The zero-order valence-corrected chi connectivity index (χ0v) is 9.14. The third-order valence-corrected chi connectivity index (χ3v) is 3.34. The van der Waals surface area contributed by atoms with Gasteiger partial charge in [0.15, 0.2) is 5.79 Å². The van der Waals surface area contributed by atoms with Crippen molar-refractivity contribution in [2.24, 2.45) is 0 Å². The molecular weight excluding hydrogens is 202 g/mol. The Hall–Kier alpha value is -0.240. The fourth-order valence-electron chi connectivity index (χ4n) is 1.83. The van der Waals surface area contributed by atoms with Gasteiger partial charge in [-0.2, -0.15) is 0 Å². The smallest absolute Gasteiger partial charge is 0.184 e. The first-order valence-electron chi connectivity index (χ1n) is 4.86. The van der Waals surface area contributed by atoms with E-state index in [4.69, 9.17) is 9.84 Å². The van der Waals surface area contributed by atoms with Crippen molar-refractivity contribution in [2.75, 3.05) is 13.7 Å². The van der Waals surface area contributed by atoms with Gasteiger partial charge in [0.05, 0.1) is 12.1 Å². The van der Waals surface area contributed by atoms with E-state index < -0.39 is 36.2 Å². The van der Waals surface area contributed by atoms with Gasteiger partial charge in [-0.05, 0) is 20.9 Å². The Morgan fingerprint density at radius 3 is 2.27 bits per heavy atom. The van der Waals surface area contributed by atoms with Crippen molar-refractivity contribution in [1.29, 1.82) is 0 Å². The predicted molar refractivity (Wildman–Crippen MR) is 52.1 cm³/mol. The molecule has 15 heavy (non-hydrogen) atoms. The monoisotopic (exact) mass is 221 g/mol. The largest absolute Gasteiger partial charge is 0.394 e. The summed E-state index contributed by atoms with van der Waals surface area (Å²) in [5, 5.41) is 41.2. The summed E-state index contributed by atoms with van der Waals surface area (Å²) in [6.07, 6.45) is -3.47. The maximum Gasteiger partial charge on any atom is 0.184 e. The van der Waals surface area contributed by atoms with Crippen molar-refractivity contribution >= 4 is 0 Å². The molecule has 0 saturated carbocycles. The minimum atomic E-state index is -1.67. The van der Waals surface area contributed by atoms with Crippen LogP contribution in [0.5, 0.6) is 0 Å². The molecule has 0 spiro atoms. The second-order valence-electron chi connectivity index (χ2n) is 4.21. The fourth-order valence-corrected chi connectivity index (χ4v) is 1.83. The fraction of sp³-hybridized carbons (Fsp3) is 1.00. The zero-order chi connectivity index (χ0) is 11.9. The molecule has 1 aliphatic heterocycles. The number of aliphatic hydroxyl groups is 4. The van der Waals surface area contributed by atoms with Crippen molar-refractivity contribution < 1.29 is 25.2 Å². The molecule has 5 atom stereocenters. The first-order chi connectivity index (χ1) is 6.80. The highest BCUT2D eigenvalue weighted by Crippen LogP contribution is 2.35. The van der Waals surface area contributed by atoms with Gasteiger partial charge in [0, 0.05) is 0 Å². The van der Waals surface area contributed by atoms with Gasteiger partial charge in [0.25, 0.3) is 0 Å². The summed E-state index contributed by atoms with van der Waals surface area (Å²) < 4.78 is 5.15. The van der Waals surface area contributed by atoms with Crippen molar-refractivity contribution in [3.05, 3.63) is 0 Å². The van der Waals surface area contributed by atoms with Crippen LogP contribution in [0.4, 0.5) is 0 Å². The normalized spacial score (nSPS) is 51.8. The molecular formula is C9H19NO5. The Labute approximate surface area is 88.5 Å². The van der Waals surface area contributed by atoms with Gasteiger partial charge < -0.3 is 30.5 Å². The van der Waals surface area contributed by atoms with Gasteiger partial charge in [0.1, 0.15) is 18.3 Å². The molecule has 1 fully saturated rings. The number of hydrogen-bond acceptors (Lipinski definition) is 6.